The number of benzene rings is 1. The van der Waals surface area contributed by atoms with E-state index in [0.717, 1.165) is 12.1 Å². The van der Waals surface area contributed by atoms with Gasteiger partial charge in [-0.3, -0.25) is 0 Å². The van der Waals surface area contributed by atoms with Crippen molar-refractivity contribution in [2.75, 3.05) is 19.6 Å². The van der Waals surface area contributed by atoms with E-state index in [2.05, 4.69) is 21.2 Å². The van der Waals surface area contributed by atoms with Crippen LogP contribution in [0.15, 0.2) is 21.5 Å². The molecule has 0 aromatic heterocycles. The summed E-state index contributed by atoms with van der Waals surface area (Å²) in [5, 5.41) is 3.26. The zero-order chi connectivity index (χ0) is 14.2. The molecule has 20 heavy (non-hydrogen) atoms. The first-order valence-corrected chi connectivity index (χ1v) is 8.32. The molecule has 1 heterocycles. The van der Waals surface area contributed by atoms with E-state index in [1.807, 2.05) is 0 Å². The third-order valence-corrected chi connectivity index (χ3v) is 6.23. The van der Waals surface area contributed by atoms with E-state index in [1.54, 1.807) is 6.92 Å². The minimum Gasteiger partial charge on any atom is -0.314 e. The second-order valence-electron chi connectivity index (χ2n) is 4.37. The van der Waals surface area contributed by atoms with Crippen molar-refractivity contribution in [2.45, 2.75) is 17.9 Å². The fourth-order valence-corrected chi connectivity index (χ4v) is 4.26. The highest BCUT2D eigenvalue weighted by molar-refractivity contribution is 9.10. The van der Waals surface area contributed by atoms with Crippen LogP contribution in [0.2, 0.25) is 5.02 Å². The van der Waals surface area contributed by atoms with Gasteiger partial charge in [-0.1, -0.05) is 11.6 Å². The molecule has 0 bridgehead atoms. The summed E-state index contributed by atoms with van der Waals surface area (Å²) in [4.78, 5) is -0.380. The molecule has 1 aliphatic rings. The van der Waals surface area contributed by atoms with E-state index in [0.29, 0.717) is 24.1 Å². The standard InChI is InChI=1S/C11H13BrClFN2O2S.ClH/c1-7-6-15-2-3-16(7)19(17,18)11-5-9(13)8(12)4-10(11)14;/h4-5,7,15H,2-3,6H2,1H3;1H. The van der Waals surface area contributed by atoms with Gasteiger partial charge in [0.1, 0.15) is 10.7 Å². The van der Waals surface area contributed by atoms with Gasteiger partial charge >= 0.3 is 0 Å². The lowest BCUT2D eigenvalue weighted by atomic mass is 10.3. The van der Waals surface area contributed by atoms with Crippen LogP contribution >= 0.6 is 39.9 Å². The van der Waals surface area contributed by atoms with Crippen molar-refractivity contribution in [3.05, 3.63) is 27.4 Å². The van der Waals surface area contributed by atoms with Crippen LogP contribution in [-0.4, -0.2) is 38.4 Å². The topological polar surface area (TPSA) is 49.4 Å². The van der Waals surface area contributed by atoms with Gasteiger partial charge < -0.3 is 5.32 Å². The Labute approximate surface area is 137 Å². The Morgan fingerprint density at radius 3 is 2.75 bits per heavy atom. The monoisotopic (exact) mass is 406 g/mol. The Bertz CT molecular complexity index is 600. The number of nitrogens with one attached hydrogen (secondary N) is 1. The molecule has 1 aromatic rings. The van der Waals surface area contributed by atoms with Gasteiger partial charge in [0.2, 0.25) is 10.0 Å². The van der Waals surface area contributed by atoms with Crippen LogP contribution in [-0.2, 0) is 10.0 Å². The summed E-state index contributed by atoms with van der Waals surface area (Å²) < 4.78 is 40.5. The molecule has 1 aliphatic heterocycles. The van der Waals surface area contributed by atoms with Crippen molar-refractivity contribution in [3.8, 4) is 0 Å². The Morgan fingerprint density at radius 1 is 1.50 bits per heavy atom. The fraction of sp³-hybridized carbons (Fsp3) is 0.455. The zero-order valence-electron chi connectivity index (χ0n) is 10.6. The second-order valence-corrected chi connectivity index (χ2v) is 7.49. The fourth-order valence-electron chi connectivity index (χ4n) is 2.01. The third-order valence-electron chi connectivity index (χ3n) is 3.00. The maximum Gasteiger partial charge on any atom is 0.246 e. The summed E-state index contributed by atoms with van der Waals surface area (Å²) in [6, 6.07) is 1.99. The molecule has 4 nitrogen and oxygen atoms in total. The molecular formula is C11H14BrCl2FN2O2S. The summed E-state index contributed by atoms with van der Waals surface area (Å²) in [6.07, 6.45) is 0. The Morgan fingerprint density at radius 2 is 2.15 bits per heavy atom. The first-order valence-electron chi connectivity index (χ1n) is 5.71. The van der Waals surface area contributed by atoms with Crippen molar-refractivity contribution in [1.29, 1.82) is 0 Å². The smallest absolute Gasteiger partial charge is 0.246 e. The summed E-state index contributed by atoms with van der Waals surface area (Å²) in [5.74, 6) is -0.804. The molecule has 0 spiro atoms. The van der Waals surface area contributed by atoms with Gasteiger partial charge in [0.15, 0.2) is 0 Å². The Kier molecular flexibility index (Phi) is 6.25. The molecule has 2 rings (SSSR count). The molecule has 9 heteroatoms. The predicted molar refractivity (Wildman–Crippen MR) is 82.6 cm³/mol. The van der Waals surface area contributed by atoms with Crippen LogP contribution in [0.25, 0.3) is 0 Å². The van der Waals surface area contributed by atoms with Crippen LogP contribution in [0.5, 0.6) is 0 Å². The zero-order valence-corrected chi connectivity index (χ0v) is 14.5. The van der Waals surface area contributed by atoms with E-state index in [9.17, 15) is 12.8 Å². The third kappa shape index (κ3) is 3.45. The Hall–Kier alpha value is 0.0800. The lowest BCUT2D eigenvalue weighted by Crippen LogP contribution is -2.52. The normalized spacial score (nSPS) is 20.5. The van der Waals surface area contributed by atoms with Gasteiger partial charge in [-0.2, -0.15) is 4.31 Å². The van der Waals surface area contributed by atoms with Crippen LogP contribution in [0.1, 0.15) is 6.92 Å². The molecule has 0 aliphatic carbocycles. The maximum absolute atomic E-state index is 13.9. The molecule has 0 amide bonds. The number of piperazine rings is 1. The number of nitrogens with zero attached hydrogens (tertiary/aromatic N) is 1. The van der Waals surface area contributed by atoms with E-state index in [-0.39, 0.29) is 28.4 Å². The summed E-state index contributed by atoms with van der Waals surface area (Å²) in [5.41, 5.74) is 0. The van der Waals surface area contributed by atoms with Crippen molar-refractivity contribution in [1.82, 2.24) is 9.62 Å². The average molecular weight is 408 g/mol. The lowest BCUT2D eigenvalue weighted by molar-refractivity contribution is 0.283. The first-order chi connectivity index (χ1) is 8.84. The van der Waals surface area contributed by atoms with Crippen LogP contribution < -0.4 is 5.32 Å². The number of halogens is 4. The highest BCUT2D eigenvalue weighted by Crippen LogP contribution is 2.30. The molecule has 1 fully saturated rings. The number of hydrogen-bond donors (Lipinski definition) is 1. The van der Waals surface area contributed by atoms with E-state index >= 15 is 0 Å². The van der Waals surface area contributed by atoms with Gasteiger partial charge in [-0.25, -0.2) is 12.8 Å². The summed E-state index contributed by atoms with van der Waals surface area (Å²) in [6.45, 7) is 3.19. The molecule has 1 atom stereocenters. The van der Waals surface area contributed by atoms with E-state index < -0.39 is 15.8 Å². The Balaban J connectivity index is 0.00000200. The second kappa shape index (κ2) is 6.89. The number of sulfonamides is 1. The molecule has 1 aromatic carbocycles. The number of rotatable bonds is 2. The molecule has 1 saturated heterocycles. The molecule has 0 radical (unpaired) electrons. The summed E-state index contributed by atoms with van der Waals surface area (Å²) >= 11 is 8.92. The van der Waals surface area contributed by atoms with Crippen molar-refractivity contribution < 1.29 is 12.8 Å². The molecule has 0 saturated carbocycles. The highest BCUT2D eigenvalue weighted by Gasteiger charge is 2.33. The highest BCUT2D eigenvalue weighted by atomic mass is 79.9. The van der Waals surface area contributed by atoms with Gasteiger partial charge in [-0.15, -0.1) is 12.4 Å². The van der Waals surface area contributed by atoms with Gasteiger partial charge in [0.05, 0.1) is 5.02 Å². The molecular weight excluding hydrogens is 394 g/mol. The van der Waals surface area contributed by atoms with Gasteiger partial charge in [-0.05, 0) is 35.0 Å². The summed E-state index contributed by atoms with van der Waals surface area (Å²) in [7, 11) is -3.87. The SMILES string of the molecule is CC1CNCCN1S(=O)(=O)c1cc(Cl)c(Br)cc1F.Cl. The quantitative estimate of drug-likeness (QED) is 0.766. The van der Waals surface area contributed by atoms with Gasteiger partial charge in [0.25, 0.3) is 0 Å². The van der Waals surface area contributed by atoms with Gasteiger partial charge in [0, 0.05) is 30.1 Å². The van der Waals surface area contributed by atoms with Crippen LogP contribution in [0.3, 0.4) is 0 Å². The maximum atomic E-state index is 13.9. The van der Waals surface area contributed by atoms with Crippen molar-refractivity contribution >= 4 is 50.0 Å². The molecule has 1 unspecified atom stereocenters. The average Bonchev–Trinajstić information content (AvgIpc) is 2.34. The number of hydrogen-bond acceptors (Lipinski definition) is 3. The van der Waals surface area contributed by atoms with E-state index in [1.165, 1.54) is 4.31 Å². The largest absolute Gasteiger partial charge is 0.314 e. The van der Waals surface area contributed by atoms with Crippen LogP contribution in [0.4, 0.5) is 4.39 Å². The van der Waals surface area contributed by atoms with Crippen molar-refractivity contribution in [3.63, 3.8) is 0 Å². The predicted octanol–water partition coefficient (Wildman–Crippen LogP) is 2.65. The first kappa shape index (κ1) is 18.1. The lowest BCUT2D eigenvalue weighted by Gasteiger charge is -2.32. The van der Waals surface area contributed by atoms with Crippen LogP contribution in [0, 0.1) is 5.82 Å². The minimum absolute atomic E-state index is 0. The van der Waals surface area contributed by atoms with E-state index in [4.69, 9.17) is 11.6 Å². The van der Waals surface area contributed by atoms with Crippen molar-refractivity contribution in [2.24, 2.45) is 0 Å². The molecule has 1 N–H and O–H groups in total. The minimum atomic E-state index is -3.87. The molecule has 114 valence electrons.